The second kappa shape index (κ2) is 11.6. The van der Waals surface area contributed by atoms with E-state index in [1.807, 2.05) is 61.6 Å². The van der Waals surface area contributed by atoms with Crippen molar-refractivity contribution in [3.63, 3.8) is 0 Å². The summed E-state index contributed by atoms with van der Waals surface area (Å²) >= 11 is 1.94. The summed E-state index contributed by atoms with van der Waals surface area (Å²) in [5.74, 6) is -0.345. The molecule has 0 heterocycles. The zero-order chi connectivity index (χ0) is 26.5. The molecule has 0 spiro atoms. The average Bonchev–Trinajstić information content (AvgIpc) is 2.82. The Morgan fingerprint density at radius 3 is 2.36 bits per heavy atom. The molecule has 3 rings (SSSR count). The van der Waals surface area contributed by atoms with Gasteiger partial charge >= 0.3 is 10.1 Å². The van der Waals surface area contributed by atoms with Gasteiger partial charge in [-0.3, -0.25) is 4.79 Å². The fraction of sp³-hybridized carbons (Fsp3) is 0.185. The van der Waals surface area contributed by atoms with Crippen LogP contribution in [0, 0.1) is 35.7 Å². The van der Waals surface area contributed by atoms with E-state index in [0.29, 0.717) is 14.8 Å². The Labute approximate surface area is 225 Å². The molecule has 3 aromatic carbocycles. The van der Waals surface area contributed by atoms with Gasteiger partial charge in [0, 0.05) is 5.69 Å². The van der Waals surface area contributed by atoms with Crippen LogP contribution < -0.4 is 14.2 Å². The van der Waals surface area contributed by atoms with Gasteiger partial charge in [-0.1, -0.05) is 23.8 Å². The SMILES string of the molecule is CCOc1cc(/C=C(\C#N)C(=O)Nc2ccc(C)c(C)c2)cc(I)c1OS(=O)(=O)c1ccc(C)cc1. The number of rotatable bonds is 8. The van der Waals surface area contributed by atoms with Gasteiger partial charge in [0.15, 0.2) is 11.5 Å². The summed E-state index contributed by atoms with van der Waals surface area (Å²) in [5, 5.41) is 12.3. The highest BCUT2D eigenvalue weighted by molar-refractivity contribution is 14.1. The lowest BCUT2D eigenvalue weighted by Gasteiger charge is -2.15. The van der Waals surface area contributed by atoms with Crippen LogP contribution in [0.3, 0.4) is 0 Å². The fourth-order valence-electron chi connectivity index (χ4n) is 3.21. The number of carbonyl (C=O) groups excluding carboxylic acids is 1. The van der Waals surface area contributed by atoms with Crippen LogP contribution in [0.2, 0.25) is 0 Å². The zero-order valence-electron chi connectivity index (χ0n) is 20.3. The van der Waals surface area contributed by atoms with E-state index in [4.69, 9.17) is 8.92 Å². The van der Waals surface area contributed by atoms with Crippen LogP contribution in [0.15, 0.2) is 65.1 Å². The van der Waals surface area contributed by atoms with E-state index < -0.39 is 16.0 Å². The molecule has 36 heavy (non-hydrogen) atoms. The molecule has 0 aliphatic heterocycles. The number of nitrogens with one attached hydrogen (secondary N) is 1. The Hall–Kier alpha value is -3.36. The zero-order valence-corrected chi connectivity index (χ0v) is 23.2. The molecule has 0 bridgehead atoms. The first-order valence-electron chi connectivity index (χ1n) is 11.0. The van der Waals surface area contributed by atoms with Gasteiger partial charge in [0.25, 0.3) is 5.91 Å². The van der Waals surface area contributed by atoms with Crippen molar-refractivity contribution in [3.05, 3.63) is 86.0 Å². The summed E-state index contributed by atoms with van der Waals surface area (Å²) in [4.78, 5) is 12.8. The molecule has 0 atom stereocenters. The van der Waals surface area contributed by atoms with Gasteiger partial charge in [0.05, 0.1) is 10.2 Å². The summed E-state index contributed by atoms with van der Waals surface area (Å²) in [6.07, 6.45) is 1.42. The highest BCUT2D eigenvalue weighted by Gasteiger charge is 2.22. The Balaban J connectivity index is 1.93. The summed E-state index contributed by atoms with van der Waals surface area (Å²) < 4.78 is 37.2. The molecule has 0 aliphatic carbocycles. The quantitative estimate of drug-likeness (QED) is 0.146. The van der Waals surface area contributed by atoms with E-state index in [2.05, 4.69) is 5.32 Å². The molecular formula is C27H25IN2O5S. The number of anilines is 1. The maximum absolute atomic E-state index is 12.8. The van der Waals surface area contributed by atoms with Crippen LogP contribution in [0.4, 0.5) is 5.69 Å². The first-order chi connectivity index (χ1) is 17.0. The number of hydrogen-bond donors (Lipinski definition) is 1. The smallest absolute Gasteiger partial charge is 0.339 e. The highest BCUT2D eigenvalue weighted by atomic mass is 127. The lowest BCUT2D eigenvalue weighted by molar-refractivity contribution is -0.112. The minimum Gasteiger partial charge on any atom is -0.490 e. The van der Waals surface area contributed by atoms with E-state index in [9.17, 15) is 18.5 Å². The van der Waals surface area contributed by atoms with Crippen molar-refractivity contribution < 1.29 is 22.1 Å². The lowest BCUT2D eigenvalue weighted by Crippen LogP contribution is -2.14. The van der Waals surface area contributed by atoms with Gasteiger partial charge in [0.2, 0.25) is 0 Å². The molecule has 0 unspecified atom stereocenters. The van der Waals surface area contributed by atoms with E-state index in [1.165, 1.54) is 24.3 Å². The number of amides is 1. The van der Waals surface area contributed by atoms with Gasteiger partial charge in [-0.05, 0) is 109 Å². The Kier molecular flexibility index (Phi) is 8.76. The molecule has 186 valence electrons. The number of benzene rings is 3. The number of ether oxygens (including phenoxy) is 1. The van der Waals surface area contributed by atoms with E-state index >= 15 is 0 Å². The number of halogens is 1. The number of hydrogen-bond acceptors (Lipinski definition) is 6. The van der Waals surface area contributed by atoms with Gasteiger partial charge in [-0.15, -0.1) is 0 Å². The van der Waals surface area contributed by atoms with E-state index in [0.717, 1.165) is 16.7 Å². The molecule has 9 heteroatoms. The lowest BCUT2D eigenvalue weighted by atomic mass is 10.1. The number of nitriles is 1. The Bertz CT molecular complexity index is 1470. The molecule has 0 saturated heterocycles. The van der Waals surface area contributed by atoms with E-state index in [1.54, 1.807) is 31.2 Å². The van der Waals surface area contributed by atoms with Crippen molar-refractivity contribution in [1.29, 1.82) is 5.26 Å². The molecule has 7 nitrogen and oxygen atoms in total. The van der Waals surface area contributed by atoms with Gasteiger partial charge in [-0.2, -0.15) is 13.7 Å². The Morgan fingerprint density at radius 1 is 1.06 bits per heavy atom. The molecule has 3 aromatic rings. The summed E-state index contributed by atoms with van der Waals surface area (Å²) in [7, 11) is -4.11. The number of nitrogens with zero attached hydrogens (tertiary/aromatic N) is 1. The van der Waals surface area contributed by atoms with Crippen molar-refractivity contribution >= 4 is 50.4 Å². The molecular weight excluding hydrogens is 591 g/mol. The van der Waals surface area contributed by atoms with Crippen molar-refractivity contribution in [2.75, 3.05) is 11.9 Å². The largest absolute Gasteiger partial charge is 0.490 e. The van der Waals surface area contributed by atoms with Crippen molar-refractivity contribution in [2.45, 2.75) is 32.6 Å². The molecule has 0 aromatic heterocycles. The predicted octanol–water partition coefficient (Wildman–Crippen LogP) is 5.93. The molecule has 0 radical (unpaired) electrons. The second-order valence-corrected chi connectivity index (χ2v) is 10.7. The normalized spacial score (nSPS) is 11.5. The molecule has 0 aliphatic rings. The van der Waals surface area contributed by atoms with E-state index in [-0.39, 0.29) is 28.6 Å². The van der Waals surface area contributed by atoms with Crippen molar-refractivity contribution in [3.8, 4) is 17.6 Å². The third-order valence-corrected chi connectivity index (χ3v) is 7.31. The monoisotopic (exact) mass is 616 g/mol. The molecule has 0 saturated carbocycles. The minimum atomic E-state index is -4.11. The number of carbonyl (C=O) groups is 1. The highest BCUT2D eigenvalue weighted by Crippen LogP contribution is 2.37. The molecule has 1 N–H and O–H groups in total. The molecule has 1 amide bonds. The number of aryl methyl sites for hydroxylation is 3. The predicted molar refractivity (Wildman–Crippen MR) is 147 cm³/mol. The standard InChI is InChI=1S/C27H25IN2O5S/c1-5-34-25-15-20(13-21(16-29)27(31)30-22-9-8-18(3)19(4)12-22)14-24(28)26(25)35-36(32,33)23-10-6-17(2)7-11-23/h6-15H,5H2,1-4H3,(H,30,31)/b21-13+. The van der Waals surface area contributed by atoms with Crippen molar-refractivity contribution in [1.82, 2.24) is 0 Å². The van der Waals surface area contributed by atoms with Crippen LogP contribution in [0.5, 0.6) is 11.5 Å². The van der Waals surface area contributed by atoms with Gasteiger partial charge in [0.1, 0.15) is 16.5 Å². The third-order valence-electron chi connectivity index (χ3n) is 5.28. The minimum absolute atomic E-state index is 0.0186. The maximum atomic E-state index is 12.8. The maximum Gasteiger partial charge on any atom is 0.339 e. The topological polar surface area (TPSA) is 105 Å². The van der Waals surface area contributed by atoms with Crippen LogP contribution in [0.25, 0.3) is 6.08 Å². The van der Waals surface area contributed by atoms with Crippen LogP contribution in [0.1, 0.15) is 29.2 Å². The van der Waals surface area contributed by atoms with Crippen LogP contribution in [-0.2, 0) is 14.9 Å². The third kappa shape index (κ3) is 6.65. The fourth-order valence-corrected chi connectivity index (χ4v) is 5.05. The van der Waals surface area contributed by atoms with Crippen molar-refractivity contribution in [2.24, 2.45) is 0 Å². The average molecular weight is 616 g/mol. The summed E-state index contributed by atoms with van der Waals surface area (Å²) in [5.41, 5.74) is 3.97. The first kappa shape index (κ1) is 27.2. The Morgan fingerprint density at radius 2 is 1.75 bits per heavy atom. The van der Waals surface area contributed by atoms with Gasteiger partial charge in [-0.25, -0.2) is 0 Å². The summed E-state index contributed by atoms with van der Waals surface area (Å²) in [6.45, 7) is 7.77. The summed E-state index contributed by atoms with van der Waals surface area (Å²) in [6, 6.07) is 16.9. The molecule has 0 fully saturated rings. The first-order valence-corrected chi connectivity index (χ1v) is 13.5. The van der Waals surface area contributed by atoms with Crippen LogP contribution >= 0.6 is 22.6 Å². The van der Waals surface area contributed by atoms with Gasteiger partial charge < -0.3 is 14.2 Å². The second-order valence-electron chi connectivity index (χ2n) is 8.04. The van der Waals surface area contributed by atoms with Crippen LogP contribution in [-0.4, -0.2) is 20.9 Å².